The van der Waals surface area contributed by atoms with Crippen LogP contribution in [0.1, 0.15) is 129 Å². The second-order valence-corrected chi connectivity index (χ2v) is 19.4. The van der Waals surface area contributed by atoms with Crippen LogP contribution in [0.25, 0.3) is 0 Å². The standard InChI is InChI=1S/C45H68O9/c1-14-25(4)37(49)52-24-45-29(23-40(7,8)35(53-38(50)26(5)15-2)36(45)54-39(51)27(6)16-3)28-17-18-31-42(11)21-20-32(46)41(9,10)30(42)19-22-43(31,12)44(28,13)33(47)34(45)48/h14-17,29-36,46-48H,18-24H2,1-13H3/b25-14+,26-15+,27-16+/t29-,30-,31+,32-,33-,34+,35-,36-,42-,43+,44-,45-/m0/s1. The minimum absolute atomic E-state index is 0.114. The van der Waals surface area contributed by atoms with E-state index in [4.69, 9.17) is 14.2 Å². The van der Waals surface area contributed by atoms with Gasteiger partial charge in [0.1, 0.15) is 12.7 Å². The largest absolute Gasteiger partial charge is 0.461 e. The molecule has 0 saturated heterocycles. The summed E-state index contributed by atoms with van der Waals surface area (Å²) >= 11 is 0. The van der Waals surface area contributed by atoms with Crippen molar-refractivity contribution >= 4 is 17.9 Å². The molecule has 0 radical (unpaired) electrons. The highest BCUT2D eigenvalue weighted by Gasteiger charge is 2.76. The number of fused-ring (bicyclic) bond motifs is 7. The normalized spacial score (nSPS) is 43.0. The summed E-state index contributed by atoms with van der Waals surface area (Å²) in [5, 5.41) is 37.2. The molecule has 4 saturated carbocycles. The van der Waals surface area contributed by atoms with E-state index in [1.54, 1.807) is 59.8 Å². The smallest absolute Gasteiger partial charge is 0.333 e. The van der Waals surface area contributed by atoms with E-state index in [0.29, 0.717) is 29.6 Å². The molecule has 0 unspecified atom stereocenters. The molecule has 0 spiro atoms. The Morgan fingerprint density at radius 1 is 0.741 bits per heavy atom. The highest BCUT2D eigenvalue weighted by Crippen LogP contribution is 2.76. The fourth-order valence-corrected chi connectivity index (χ4v) is 12.3. The minimum atomic E-state index is -1.58. The van der Waals surface area contributed by atoms with E-state index in [1.165, 1.54) is 0 Å². The van der Waals surface area contributed by atoms with Crippen molar-refractivity contribution in [1.82, 2.24) is 0 Å². The number of hydrogen-bond donors (Lipinski definition) is 3. The zero-order chi connectivity index (χ0) is 40.6. The van der Waals surface area contributed by atoms with Crippen LogP contribution in [0.4, 0.5) is 0 Å². The number of esters is 3. The van der Waals surface area contributed by atoms with Crippen LogP contribution in [0.15, 0.2) is 46.6 Å². The number of aliphatic hydroxyl groups is 3. The minimum Gasteiger partial charge on any atom is -0.461 e. The fourth-order valence-electron chi connectivity index (χ4n) is 12.3. The molecule has 5 aliphatic carbocycles. The van der Waals surface area contributed by atoms with Crippen molar-refractivity contribution in [2.45, 2.75) is 159 Å². The molecular weight excluding hydrogens is 684 g/mol. The summed E-state index contributed by atoms with van der Waals surface area (Å²) in [6.45, 7) is 24.9. The van der Waals surface area contributed by atoms with Crippen molar-refractivity contribution in [3.8, 4) is 0 Å². The van der Waals surface area contributed by atoms with Crippen LogP contribution in [-0.4, -0.2) is 70.4 Å². The third-order valence-electron chi connectivity index (χ3n) is 16.3. The van der Waals surface area contributed by atoms with Gasteiger partial charge >= 0.3 is 17.9 Å². The van der Waals surface area contributed by atoms with Crippen LogP contribution in [0.2, 0.25) is 0 Å². The van der Waals surface area contributed by atoms with Gasteiger partial charge in [-0.25, -0.2) is 14.4 Å². The zero-order valence-corrected chi connectivity index (χ0v) is 35.2. The highest BCUT2D eigenvalue weighted by atomic mass is 16.6. The molecule has 0 amide bonds. The number of aliphatic hydroxyl groups excluding tert-OH is 3. The molecule has 12 atom stereocenters. The third-order valence-corrected chi connectivity index (χ3v) is 16.3. The number of hydrogen-bond acceptors (Lipinski definition) is 9. The molecule has 0 bridgehead atoms. The Hall–Kier alpha value is -2.75. The van der Waals surface area contributed by atoms with E-state index in [2.05, 4.69) is 40.7 Å². The second kappa shape index (κ2) is 14.3. The Bertz CT molecular complexity index is 1650. The van der Waals surface area contributed by atoms with Crippen LogP contribution in [0.3, 0.4) is 0 Å². The first-order valence-electron chi connectivity index (χ1n) is 20.2. The molecular formula is C45H68O9. The molecule has 0 heterocycles. The number of allylic oxidation sites excluding steroid dienone is 4. The van der Waals surface area contributed by atoms with E-state index in [-0.39, 0.29) is 35.4 Å². The maximum absolute atomic E-state index is 13.9. The maximum Gasteiger partial charge on any atom is 0.333 e. The third kappa shape index (κ3) is 6.00. The monoisotopic (exact) mass is 752 g/mol. The van der Waals surface area contributed by atoms with Crippen LogP contribution >= 0.6 is 0 Å². The van der Waals surface area contributed by atoms with Crippen LogP contribution in [0.5, 0.6) is 0 Å². The Kier molecular flexibility index (Phi) is 11.2. The van der Waals surface area contributed by atoms with Crippen LogP contribution < -0.4 is 0 Å². The van der Waals surface area contributed by atoms with Gasteiger partial charge in [-0.1, -0.05) is 78.3 Å². The summed E-state index contributed by atoms with van der Waals surface area (Å²) in [5.41, 5.74) is -2.05. The molecule has 4 fully saturated rings. The van der Waals surface area contributed by atoms with Crippen molar-refractivity contribution in [2.75, 3.05) is 6.61 Å². The topological polar surface area (TPSA) is 140 Å². The lowest BCUT2D eigenvalue weighted by Gasteiger charge is -2.73. The molecule has 302 valence electrons. The number of carbonyl (C=O) groups is 3. The van der Waals surface area contributed by atoms with Gasteiger partial charge in [0.2, 0.25) is 0 Å². The van der Waals surface area contributed by atoms with Crippen molar-refractivity contribution in [1.29, 1.82) is 0 Å². The maximum atomic E-state index is 13.9. The second-order valence-electron chi connectivity index (χ2n) is 19.4. The molecule has 9 heteroatoms. The van der Waals surface area contributed by atoms with Crippen molar-refractivity contribution in [3.63, 3.8) is 0 Å². The van der Waals surface area contributed by atoms with Crippen LogP contribution in [-0.2, 0) is 28.6 Å². The average Bonchev–Trinajstić information content (AvgIpc) is 3.12. The summed E-state index contributed by atoms with van der Waals surface area (Å²) in [7, 11) is 0. The van der Waals surface area contributed by atoms with E-state index in [0.717, 1.165) is 31.3 Å². The molecule has 0 aromatic heterocycles. The van der Waals surface area contributed by atoms with Gasteiger partial charge < -0.3 is 29.5 Å². The first kappa shape index (κ1) is 42.4. The summed E-state index contributed by atoms with van der Waals surface area (Å²) in [6, 6.07) is 0. The molecule has 5 rings (SSSR count). The van der Waals surface area contributed by atoms with E-state index < -0.39 is 69.9 Å². The van der Waals surface area contributed by atoms with Gasteiger partial charge in [0, 0.05) is 27.5 Å². The lowest BCUT2D eigenvalue weighted by molar-refractivity contribution is -0.293. The number of rotatable bonds is 7. The summed E-state index contributed by atoms with van der Waals surface area (Å²) in [4.78, 5) is 40.9. The highest BCUT2D eigenvalue weighted by molar-refractivity contribution is 5.89. The van der Waals surface area contributed by atoms with Crippen molar-refractivity contribution in [3.05, 3.63) is 46.6 Å². The average molecular weight is 753 g/mol. The van der Waals surface area contributed by atoms with Gasteiger partial charge in [-0.05, 0) is 114 Å². The predicted octanol–water partition coefficient (Wildman–Crippen LogP) is 7.58. The van der Waals surface area contributed by atoms with E-state index in [9.17, 15) is 29.7 Å². The first-order chi connectivity index (χ1) is 25.0. The molecule has 0 aromatic carbocycles. The Morgan fingerprint density at radius 2 is 1.28 bits per heavy atom. The number of carbonyl (C=O) groups excluding carboxylic acids is 3. The SMILES string of the molecule is C/C=C(\C)C(=O)OC[C@@]12[C@H](O)[C@H](O)[C@]3(C)C(=CC[C@@H]4[C@@]5(C)CC[C@H](O)C(C)(C)[C@@H]5CC[C@]43C)[C@@H]1CC(C)(C)[C@@H](OC(=O)/C(C)=C/C)[C@@H]2OC(=O)/C(C)=C/C. The number of ether oxygens (including phenoxy) is 3. The molecule has 54 heavy (non-hydrogen) atoms. The van der Waals surface area contributed by atoms with Crippen molar-refractivity contribution in [2.24, 2.45) is 50.2 Å². The summed E-state index contributed by atoms with van der Waals surface area (Å²) in [5.74, 6) is -1.89. The van der Waals surface area contributed by atoms with Crippen LogP contribution in [0, 0.1) is 50.2 Å². The molecule has 5 aliphatic rings. The summed E-state index contributed by atoms with van der Waals surface area (Å²) < 4.78 is 18.8. The van der Waals surface area contributed by atoms with E-state index in [1.807, 2.05) is 13.8 Å². The fraction of sp³-hybridized carbons (Fsp3) is 0.756. The Balaban J connectivity index is 1.76. The van der Waals surface area contributed by atoms with Gasteiger partial charge in [-0.15, -0.1) is 0 Å². The molecule has 0 aromatic rings. The van der Waals surface area contributed by atoms with Gasteiger partial charge in [-0.2, -0.15) is 0 Å². The van der Waals surface area contributed by atoms with Gasteiger partial charge in [0.15, 0.2) is 6.10 Å². The zero-order valence-electron chi connectivity index (χ0n) is 35.2. The van der Waals surface area contributed by atoms with Gasteiger partial charge in [0.25, 0.3) is 0 Å². The lowest BCUT2D eigenvalue weighted by Crippen LogP contribution is -2.76. The molecule has 0 aliphatic heterocycles. The molecule has 9 nitrogen and oxygen atoms in total. The first-order valence-corrected chi connectivity index (χ1v) is 20.2. The quantitative estimate of drug-likeness (QED) is 0.104. The Labute approximate surface area is 323 Å². The summed E-state index contributed by atoms with van der Waals surface area (Å²) in [6.07, 6.45) is 6.00. The predicted molar refractivity (Wildman–Crippen MR) is 208 cm³/mol. The molecule has 3 N–H and O–H groups in total. The van der Waals surface area contributed by atoms with E-state index >= 15 is 0 Å². The Morgan fingerprint density at radius 3 is 1.83 bits per heavy atom. The van der Waals surface area contributed by atoms with Gasteiger partial charge in [-0.3, -0.25) is 0 Å². The van der Waals surface area contributed by atoms with Crippen molar-refractivity contribution < 1.29 is 43.9 Å². The van der Waals surface area contributed by atoms with Gasteiger partial charge in [0.05, 0.1) is 23.7 Å². The lowest BCUT2D eigenvalue weighted by atomic mass is 9.32.